The SMILES string of the molecule is CN(C)CCC1(c2cccc(O)c2)CCCCC1O. The third-order valence-corrected chi connectivity index (χ3v) is 4.41. The highest BCUT2D eigenvalue weighted by molar-refractivity contribution is 5.34. The predicted octanol–water partition coefficient (Wildman–Crippen LogP) is 2.52. The van der Waals surface area contributed by atoms with Crippen molar-refractivity contribution in [2.75, 3.05) is 20.6 Å². The third kappa shape index (κ3) is 3.10. The predicted molar refractivity (Wildman–Crippen MR) is 77.4 cm³/mol. The Morgan fingerprint density at radius 2 is 2.11 bits per heavy atom. The van der Waals surface area contributed by atoms with Crippen molar-refractivity contribution < 1.29 is 10.2 Å². The van der Waals surface area contributed by atoms with E-state index in [-0.39, 0.29) is 11.5 Å². The van der Waals surface area contributed by atoms with Gasteiger partial charge in [0.1, 0.15) is 5.75 Å². The number of hydrogen-bond donors (Lipinski definition) is 2. The van der Waals surface area contributed by atoms with E-state index in [0.29, 0.717) is 5.75 Å². The molecule has 1 aliphatic rings. The van der Waals surface area contributed by atoms with Crippen molar-refractivity contribution in [2.24, 2.45) is 0 Å². The number of benzene rings is 1. The molecule has 0 aromatic heterocycles. The summed E-state index contributed by atoms with van der Waals surface area (Å²) in [6.45, 7) is 0.951. The number of hydrogen-bond acceptors (Lipinski definition) is 3. The Hall–Kier alpha value is -1.06. The fourth-order valence-corrected chi connectivity index (χ4v) is 3.23. The first-order valence-electron chi connectivity index (χ1n) is 7.17. The maximum Gasteiger partial charge on any atom is 0.115 e. The van der Waals surface area contributed by atoms with Crippen LogP contribution in [0.1, 0.15) is 37.7 Å². The van der Waals surface area contributed by atoms with E-state index in [4.69, 9.17) is 0 Å². The number of phenolic OH excluding ortho intramolecular Hbond substituents is 1. The molecule has 19 heavy (non-hydrogen) atoms. The maximum atomic E-state index is 10.6. The molecule has 2 unspecified atom stereocenters. The summed E-state index contributed by atoms with van der Waals surface area (Å²) >= 11 is 0. The summed E-state index contributed by atoms with van der Waals surface area (Å²) in [5, 5.41) is 20.3. The van der Waals surface area contributed by atoms with Gasteiger partial charge in [0.05, 0.1) is 6.10 Å². The molecule has 0 bridgehead atoms. The first kappa shape index (κ1) is 14.4. The summed E-state index contributed by atoms with van der Waals surface area (Å²) in [5.41, 5.74) is 0.892. The molecule has 3 heteroatoms. The molecular formula is C16H25NO2. The van der Waals surface area contributed by atoms with Gasteiger partial charge in [-0.3, -0.25) is 0 Å². The van der Waals surface area contributed by atoms with Gasteiger partial charge in [0.2, 0.25) is 0 Å². The van der Waals surface area contributed by atoms with E-state index in [0.717, 1.165) is 44.2 Å². The molecule has 1 fully saturated rings. The smallest absolute Gasteiger partial charge is 0.115 e. The number of rotatable bonds is 4. The van der Waals surface area contributed by atoms with Crippen LogP contribution in [-0.2, 0) is 5.41 Å². The fourth-order valence-electron chi connectivity index (χ4n) is 3.23. The first-order valence-corrected chi connectivity index (χ1v) is 7.17. The van der Waals surface area contributed by atoms with Crippen molar-refractivity contribution >= 4 is 0 Å². The van der Waals surface area contributed by atoms with Crippen LogP contribution in [0.4, 0.5) is 0 Å². The van der Waals surface area contributed by atoms with Crippen LogP contribution < -0.4 is 0 Å². The zero-order chi connectivity index (χ0) is 13.9. The quantitative estimate of drug-likeness (QED) is 0.877. The second kappa shape index (κ2) is 5.93. The highest BCUT2D eigenvalue weighted by Gasteiger charge is 2.41. The lowest BCUT2D eigenvalue weighted by Gasteiger charge is -2.43. The van der Waals surface area contributed by atoms with Gasteiger partial charge >= 0.3 is 0 Å². The maximum absolute atomic E-state index is 10.6. The normalized spacial score (nSPS) is 27.7. The standard InChI is InChI=1S/C16H25NO2/c1-17(2)11-10-16(9-4-3-8-15(16)19)13-6-5-7-14(18)12-13/h5-7,12,15,18-19H,3-4,8-11H2,1-2H3. The molecule has 0 aliphatic heterocycles. The average molecular weight is 263 g/mol. The topological polar surface area (TPSA) is 43.7 Å². The fraction of sp³-hybridized carbons (Fsp3) is 0.625. The van der Waals surface area contributed by atoms with E-state index in [1.54, 1.807) is 6.07 Å². The van der Waals surface area contributed by atoms with Gasteiger partial charge in [-0.1, -0.05) is 25.0 Å². The molecule has 0 saturated heterocycles. The van der Waals surface area contributed by atoms with Crippen LogP contribution in [0, 0.1) is 0 Å². The molecule has 3 nitrogen and oxygen atoms in total. The largest absolute Gasteiger partial charge is 0.508 e. The minimum atomic E-state index is -0.303. The molecule has 2 rings (SSSR count). The highest BCUT2D eigenvalue weighted by Crippen LogP contribution is 2.43. The molecule has 106 valence electrons. The van der Waals surface area contributed by atoms with Crippen molar-refractivity contribution in [1.29, 1.82) is 0 Å². The van der Waals surface area contributed by atoms with Gasteiger partial charge in [-0.2, -0.15) is 0 Å². The van der Waals surface area contributed by atoms with E-state index < -0.39 is 0 Å². The molecule has 1 aliphatic carbocycles. The Morgan fingerprint density at radius 1 is 1.32 bits per heavy atom. The van der Waals surface area contributed by atoms with E-state index >= 15 is 0 Å². The minimum Gasteiger partial charge on any atom is -0.508 e. The number of aliphatic hydroxyl groups is 1. The van der Waals surface area contributed by atoms with Crippen molar-refractivity contribution in [1.82, 2.24) is 4.90 Å². The first-order chi connectivity index (χ1) is 9.04. The van der Waals surface area contributed by atoms with Crippen LogP contribution in [0.25, 0.3) is 0 Å². The molecular weight excluding hydrogens is 238 g/mol. The Balaban J connectivity index is 2.32. The highest BCUT2D eigenvalue weighted by atomic mass is 16.3. The number of aromatic hydroxyl groups is 1. The molecule has 0 radical (unpaired) electrons. The molecule has 2 atom stereocenters. The summed E-state index contributed by atoms with van der Waals surface area (Å²) < 4.78 is 0. The molecule has 1 saturated carbocycles. The molecule has 2 N–H and O–H groups in total. The van der Waals surface area contributed by atoms with Crippen molar-refractivity contribution in [3.05, 3.63) is 29.8 Å². The zero-order valence-electron chi connectivity index (χ0n) is 12.0. The summed E-state index contributed by atoms with van der Waals surface area (Å²) in [5.74, 6) is 0.291. The van der Waals surface area contributed by atoms with Crippen molar-refractivity contribution in [2.45, 2.75) is 43.6 Å². The average Bonchev–Trinajstić information content (AvgIpc) is 2.38. The Kier molecular flexibility index (Phi) is 4.48. The minimum absolute atomic E-state index is 0.193. The number of phenols is 1. The summed E-state index contributed by atoms with van der Waals surface area (Å²) in [4.78, 5) is 2.16. The third-order valence-electron chi connectivity index (χ3n) is 4.41. The van der Waals surface area contributed by atoms with E-state index in [1.807, 2.05) is 18.2 Å². The van der Waals surface area contributed by atoms with Gasteiger partial charge in [0.25, 0.3) is 0 Å². The van der Waals surface area contributed by atoms with Gasteiger partial charge in [-0.25, -0.2) is 0 Å². The van der Waals surface area contributed by atoms with Crippen LogP contribution in [0.5, 0.6) is 5.75 Å². The Labute approximate surface area is 115 Å². The van der Waals surface area contributed by atoms with Gasteiger partial charge in [-0.15, -0.1) is 0 Å². The molecule has 0 spiro atoms. The molecule has 1 aromatic rings. The van der Waals surface area contributed by atoms with E-state index in [9.17, 15) is 10.2 Å². The van der Waals surface area contributed by atoms with Crippen molar-refractivity contribution in [3.8, 4) is 5.75 Å². The number of aliphatic hydroxyl groups excluding tert-OH is 1. The lowest BCUT2D eigenvalue weighted by atomic mass is 9.65. The second-order valence-corrected chi connectivity index (χ2v) is 6.02. The number of nitrogens with zero attached hydrogens (tertiary/aromatic N) is 1. The lowest BCUT2D eigenvalue weighted by Crippen LogP contribution is -2.44. The van der Waals surface area contributed by atoms with E-state index in [2.05, 4.69) is 19.0 Å². The van der Waals surface area contributed by atoms with Crippen LogP contribution >= 0.6 is 0 Å². The molecule has 0 heterocycles. The van der Waals surface area contributed by atoms with Crippen molar-refractivity contribution in [3.63, 3.8) is 0 Å². The Bertz CT molecular complexity index is 419. The second-order valence-electron chi connectivity index (χ2n) is 6.02. The van der Waals surface area contributed by atoms with Crippen LogP contribution in [0.15, 0.2) is 24.3 Å². The summed E-state index contributed by atoms with van der Waals surface area (Å²) in [6, 6.07) is 7.44. The van der Waals surface area contributed by atoms with Crippen LogP contribution in [0.2, 0.25) is 0 Å². The monoisotopic (exact) mass is 263 g/mol. The van der Waals surface area contributed by atoms with Gasteiger partial charge in [-0.05, 0) is 57.6 Å². The van der Waals surface area contributed by atoms with Gasteiger partial charge in [0, 0.05) is 5.41 Å². The van der Waals surface area contributed by atoms with E-state index in [1.165, 1.54) is 0 Å². The lowest BCUT2D eigenvalue weighted by molar-refractivity contribution is 0.0323. The summed E-state index contributed by atoms with van der Waals surface area (Å²) in [7, 11) is 4.12. The Morgan fingerprint density at radius 3 is 2.74 bits per heavy atom. The van der Waals surface area contributed by atoms with Gasteiger partial charge in [0.15, 0.2) is 0 Å². The zero-order valence-corrected chi connectivity index (χ0v) is 12.0. The van der Waals surface area contributed by atoms with Crippen LogP contribution in [0.3, 0.4) is 0 Å². The molecule has 1 aromatic carbocycles. The van der Waals surface area contributed by atoms with Crippen LogP contribution in [-0.4, -0.2) is 41.9 Å². The van der Waals surface area contributed by atoms with Gasteiger partial charge < -0.3 is 15.1 Å². The summed E-state index contributed by atoms with van der Waals surface area (Å²) in [6.07, 6.45) is 4.76. The molecule has 0 amide bonds.